The summed E-state index contributed by atoms with van der Waals surface area (Å²) >= 11 is 1.65. The van der Waals surface area contributed by atoms with Crippen molar-refractivity contribution in [3.8, 4) is 0 Å². The van der Waals surface area contributed by atoms with Crippen LogP contribution in [0.5, 0.6) is 0 Å². The number of likely N-dealkylation sites (N-methyl/N-ethyl adjacent to an activating group) is 1. The van der Waals surface area contributed by atoms with Crippen LogP contribution in [0.15, 0.2) is 0 Å². The molecule has 0 bridgehead atoms. The van der Waals surface area contributed by atoms with Crippen LogP contribution < -0.4 is 4.90 Å². The van der Waals surface area contributed by atoms with Gasteiger partial charge in [-0.2, -0.15) is 0 Å². The quantitative estimate of drug-likeness (QED) is 0.929. The van der Waals surface area contributed by atoms with Crippen LogP contribution in [0.3, 0.4) is 0 Å². The molecule has 2 unspecified atom stereocenters. The van der Waals surface area contributed by atoms with Crippen molar-refractivity contribution < 1.29 is 5.11 Å². The normalized spacial score (nSPS) is 23.9. The topological polar surface area (TPSA) is 39.6 Å². The molecule has 1 aliphatic rings. The van der Waals surface area contributed by atoms with E-state index in [-0.39, 0.29) is 12.0 Å². The van der Waals surface area contributed by atoms with E-state index >= 15 is 0 Å². The molecule has 2 atom stereocenters. The smallest absolute Gasteiger partial charge is 0.185 e. The van der Waals surface area contributed by atoms with Gasteiger partial charge in [0.1, 0.15) is 0 Å². The monoisotopic (exact) mass is 297 g/mol. The first-order valence-corrected chi connectivity index (χ1v) is 8.08. The van der Waals surface area contributed by atoms with Gasteiger partial charge in [-0.15, -0.1) is 0 Å². The fourth-order valence-electron chi connectivity index (χ4n) is 2.95. The molecule has 1 fully saturated rings. The minimum Gasteiger partial charge on any atom is -0.391 e. The van der Waals surface area contributed by atoms with Crippen LogP contribution in [0.2, 0.25) is 0 Å². The molecule has 2 rings (SSSR count). The van der Waals surface area contributed by atoms with E-state index in [1.807, 2.05) is 0 Å². The average molecular weight is 297 g/mol. The Morgan fingerprint density at radius 1 is 1.35 bits per heavy atom. The third kappa shape index (κ3) is 3.00. The molecule has 0 aromatic carbocycles. The molecule has 2 heterocycles. The average Bonchev–Trinajstić information content (AvgIpc) is 2.90. The summed E-state index contributed by atoms with van der Waals surface area (Å²) in [7, 11) is 4.29. The maximum atomic E-state index is 9.57. The molecule has 0 aliphatic carbocycles. The van der Waals surface area contributed by atoms with Gasteiger partial charge in [0.05, 0.1) is 17.2 Å². The van der Waals surface area contributed by atoms with Gasteiger partial charge in [-0.05, 0) is 20.0 Å². The first kappa shape index (κ1) is 15.7. The van der Waals surface area contributed by atoms with E-state index in [1.54, 1.807) is 11.3 Å². The second kappa shape index (κ2) is 5.62. The summed E-state index contributed by atoms with van der Waals surface area (Å²) in [5.74, 6) is 0.643. The van der Waals surface area contributed by atoms with Crippen molar-refractivity contribution in [3.05, 3.63) is 10.6 Å². The summed E-state index contributed by atoms with van der Waals surface area (Å²) in [5.41, 5.74) is 1.03. The number of rotatable bonds is 3. The number of hydrogen-bond acceptors (Lipinski definition) is 5. The largest absolute Gasteiger partial charge is 0.391 e. The van der Waals surface area contributed by atoms with E-state index in [4.69, 9.17) is 4.98 Å². The fourth-order valence-corrected chi connectivity index (χ4v) is 4.09. The Kier molecular flexibility index (Phi) is 4.42. The number of nitrogens with zero attached hydrogens (tertiary/aromatic N) is 3. The SMILES string of the molecule is CC1CN(c2nc(C(C)(C)C)c(CO)s2)CC1N(C)C. The Hall–Kier alpha value is -0.650. The maximum Gasteiger partial charge on any atom is 0.185 e. The highest BCUT2D eigenvalue weighted by atomic mass is 32.1. The van der Waals surface area contributed by atoms with Gasteiger partial charge in [0.2, 0.25) is 0 Å². The fraction of sp³-hybridized carbons (Fsp3) is 0.800. The zero-order valence-electron chi connectivity index (χ0n) is 13.5. The number of aromatic nitrogens is 1. The van der Waals surface area contributed by atoms with Crippen molar-refractivity contribution in [1.29, 1.82) is 0 Å². The molecule has 1 aromatic rings. The minimum atomic E-state index is -0.0148. The number of anilines is 1. The Morgan fingerprint density at radius 2 is 2.00 bits per heavy atom. The van der Waals surface area contributed by atoms with E-state index in [0.29, 0.717) is 12.0 Å². The van der Waals surface area contributed by atoms with Gasteiger partial charge in [-0.1, -0.05) is 39.0 Å². The first-order valence-electron chi connectivity index (χ1n) is 7.26. The van der Waals surface area contributed by atoms with Crippen LogP contribution in [0, 0.1) is 5.92 Å². The Balaban J connectivity index is 2.25. The molecule has 0 saturated carbocycles. The second-order valence-corrected chi connectivity index (χ2v) is 8.15. The molecule has 1 aliphatic heterocycles. The molecule has 1 saturated heterocycles. The Bertz CT molecular complexity index is 464. The molecule has 0 spiro atoms. The van der Waals surface area contributed by atoms with Gasteiger partial charge in [-0.25, -0.2) is 4.98 Å². The first-order chi connectivity index (χ1) is 9.24. The summed E-state index contributed by atoms with van der Waals surface area (Å²) in [6, 6.07) is 0.578. The lowest BCUT2D eigenvalue weighted by atomic mass is 9.91. The Morgan fingerprint density at radius 3 is 2.40 bits per heavy atom. The summed E-state index contributed by atoms with van der Waals surface area (Å²) in [6.07, 6.45) is 0. The van der Waals surface area contributed by atoms with E-state index in [0.717, 1.165) is 28.8 Å². The predicted octanol–water partition coefficient (Wildman–Crippen LogP) is 2.32. The van der Waals surface area contributed by atoms with E-state index in [1.165, 1.54) is 0 Å². The second-order valence-electron chi connectivity index (χ2n) is 7.09. The van der Waals surface area contributed by atoms with Gasteiger partial charge >= 0.3 is 0 Å². The summed E-state index contributed by atoms with van der Waals surface area (Å²) in [5, 5.41) is 10.6. The maximum absolute atomic E-state index is 9.57. The zero-order chi connectivity index (χ0) is 15.1. The lowest BCUT2D eigenvalue weighted by Gasteiger charge is -2.22. The molecule has 20 heavy (non-hydrogen) atoms. The van der Waals surface area contributed by atoms with E-state index in [9.17, 15) is 5.11 Å². The number of aliphatic hydroxyl groups is 1. The molecular formula is C15H27N3OS. The van der Waals surface area contributed by atoms with Gasteiger partial charge in [0, 0.05) is 24.5 Å². The van der Waals surface area contributed by atoms with Crippen LogP contribution in [0.25, 0.3) is 0 Å². The highest BCUT2D eigenvalue weighted by Crippen LogP contribution is 2.36. The highest BCUT2D eigenvalue weighted by Gasteiger charge is 2.33. The molecule has 0 amide bonds. The van der Waals surface area contributed by atoms with Crippen molar-refractivity contribution in [2.45, 2.75) is 45.8 Å². The number of hydrogen-bond donors (Lipinski definition) is 1. The molecule has 1 aromatic heterocycles. The molecular weight excluding hydrogens is 270 g/mol. The third-order valence-corrected chi connectivity index (χ3v) is 5.15. The van der Waals surface area contributed by atoms with Gasteiger partial charge in [0.25, 0.3) is 0 Å². The standard InChI is InChI=1S/C15H27N3OS/c1-10-7-18(8-11(10)17(5)6)14-16-13(15(2,3)4)12(9-19)20-14/h10-11,19H,7-9H2,1-6H3. The van der Waals surface area contributed by atoms with Crippen LogP contribution in [0.4, 0.5) is 5.13 Å². The number of thiazole rings is 1. The van der Waals surface area contributed by atoms with Crippen molar-refractivity contribution in [2.75, 3.05) is 32.1 Å². The predicted molar refractivity (Wildman–Crippen MR) is 85.6 cm³/mol. The van der Waals surface area contributed by atoms with Crippen molar-refractivity contribution in [1.82, 2.24) is 9.88 Å². The van der Waals surface area contributed by atoms with Gasteiger partial charge in [0.15, 0.2) is 5.13 Å². The van der Waals surface area contributed by atoms with Gasteiger partial charge in [-0.3, -0.25) is 0 Å². The molecule has 1 N–H and O–H groups in total. The highest BCUT2D eigenvalue weighted by molar-refractivity contribution is 7.15. The van der Waals surface area contributed by atoms with Crippen LogP contribution in [-0.2, 0) is 12.0 Å². The number of aliphatic hydroxyl groups excluding tert-OH is 1. The lowest BCUT2D eigenvalue weighted by Crippen LogP contribution is -2.34. The summed E-state index contributed by atoms with van der Waals surface area (Å²) in [4.78, 5) is 10.5. The molecule has 4 nitrogen and oxygen atoms in total. The molecule has 5 heteroatoms. The van der Waals surface area contributed by atoms with Crippen molar-refractivity contribution in [2.24, 2.45) is 5.92 Å². The molecule has 114 valence electrons. The van der Waals surface area contributed by atoms with Crippen LogP contribution in [-0.4, -0.2) is 48.2 Å². The summed E-state index contributed by atoms with van der Waals surface area (Å²) in [6.45, 7) is 10.9. The van der Waals surface area contributed by atoms with E-state index in [2.05, 4.69) is 51.6 Å². The van der Waals surface area contributed by atoms with Gasteiger partial charge < -0.3 is 14.9 Å². The lowest BCUT2D eigenvalue weighted by molar-refractivity contribution is 0.266. The summed E-state index contributed by atoms with van der Waals surface area (Å²) < 4.78 is 0. The van der Waals surface area contributed by atoms with Crippen LogP contribution in [0.1, 0.15) is 38.3 Å². The van der Waals surface area contributed by atoms with Crippen molar-refractivity contribution in [3.63, 3.8) is 0 Å². The third-order valence-electron chi connectivity index (χ3n) is 4.05. The zero-order valence-corrected chi connectivity index (χ0v) is 14.3. The molecule has 0 radical (unpaired) electrons. The van der Waals surface area contributed by atoms with Crippen LogP contribution >= 0.6 is 11.3 Å². The minimum absolute atomic E-state index is 0.0148. The van der Waals surface area contributed by atoms with E-state index < -0.39 is 0 Å². The van der Waals surface area contributed by atoms with Crippen molar-refractivity contribution >= 4 is 16.5 Å². The Labute approximate surface area is 126 Å².